The molecule has 1 aliphatic rings. The molecular formula is C21H17FN6. The molecule has 0 saturated heterocycles. The minimum Gasteiger partial charge on any atom is -0.323 e. The fourth-order valence-electron chi connectivity index (χ4n) is 3.77. The predicted molar refractivity (Wildman–Crippen MR) is 105 cm³/mol. The van der Waals surface area contributed by atoms with E-state index in [4.69, 9.17) is 4.98 Å². The van der Waals surface area contributed by atoms with Crippen LogP contribution in [-0.2, 0) is 12.8 Å². The van der Waals surface area contributed by atoms with Gasteiger partial charge >= 0.3 is 0 Å². The van der Waals surface area contributed by atoms with Crippen molar-refractivity contribution < 1.29 is 4.39 Å². The zero-order chi connectivity index (χ0) is 18.9. The summed E-state index contributed by atoms with van der Waals surface area (Å²) in [7, 11) is 0. The van der Waals surface area contributed by atoms with Crippen LogP contribution in [-0.4, -0.2) is 25.4 Å². The van der Waals surface area contributed by atoms with Gasteiger partial charge in [-0.25, -0.2) is 14.4 Å². The average Bonchev–Trinajstić information content (AvgIpc) is 2.74. The largest absolute Gasteiger partial charge is 0.323 e. The van der Waals surface area contributed by atoms with Crippen LogP contribution in [0.5, 0.6) is 0 Å². The molecule has 1 N–H and O–H groups in total. The van der Waals surface area contributed by atoms with Crippen molar-refractivity contribution in [2.75, 3.05) is 5.32 Å². The monoisotopic (exact) mass is 372 g/mol. The lowest BCUT2D eigenvalue weighted by molar-refractivity contribution is 0.628. The molecule has 0 bridgehead atoms. The summed E-state index contributed by atoms with van der Waals surface area (Å²) in [5, 5.41) is 16.3. The zero-order valence-electron chi connectivity index (χ0n) is 15.1. The maximum absolute atomic E-state index is 13.6. The summed E-state index contributed by atoms with van der Waals surface area (Å²) in [5.41, 5.74) is 4.69. The van der Waals surface area contributed by atoms with E-state index in [2.05, 4.69) is 25.7 Å². The van der Waals surface area contributed by atoms with E-state index < -0.39 is 0 Å². The van der Waals surface area contributed by atoms with Crippen molar-refractivity contribution in [1.82, 2.24) is 25.4 Å². The Bertz CT molecular complexity index is 1150. The predicted octanol–water partition coefficient (Wildman–Crippen LogP) is 4.24. The normalized spacial score (nSPS) is 13.3. The molecule has 0 spiro atoms. The van der Waals surface area contributed by atoms with Crippen LogP contribution in [0.1, 0.15) is 24.1 Å². The van der Waals surface area contributed by atoms with E-state index >= 15 is 0 Å². The SMILES string of the molecule is Fc1ccc(-c2c3c(nc4nnnc(Nc5ccccn5)c24)CCCC3)cc1. The fourth-order valence-corrected chi connectivity index (χ4v) is 3.77. The summed E-state index contributed by atoms with van der Waals surface area (Å²) in [4.78, 5) is 9.09. The third kappa shape index (κ3) is 2.94. The first-order valence-corrected chi connectivity index (χ1v) is 9.28. The second-order valence-corrected chi connectivity index (χ2v) is 6.80. The molecule has 7 heteroatoms. The Morgan fingerprint density at radius 3 is 2.61 bits per heavy atom. The number of fused-ring (bicyclic) bond motifs is 2. The molecule has 1 aromatic carbocycles. The van der Waals surface area contributed by atoms with Crippen LogP contribution in [0, 0.1) is 5.82 Å². The minimum atomic E-state index is -0.263. The van der Waals surface area contributed by atoms with Crippen molar-refractivity contribution in [2.45, 2.75) is 25.7 Å². The first-order chi connectivity index (χ1) is 13.8. The Kier molecular flexibility index (Phi) is 4.12. The second kappa shape index (κ2) is 6.92. The van der Waals surface area contributed by atoms with Crippen molar-refractivity contribution in [3.63, 3.8) is 0 Å². The van der Waals surface area contributed by atoms with Gasteiger partial charge in [0.15, 0.2) is 11.5 Å². The summed E-state index contributed by atoms with van der Waals surface area (Å²) < 4.78 is 13.6. The highest BCUT2D eigenvalue weighted by molar-refractivity contribution is 6.02. The van der Waals surface area contributed by atoms with Gasteiger partial charge in [0, 0.05) is 17.5 Å². The van der Waals surface area contributed by atoms with Crippen LogP contribution in [0.3, 0.4) is 0 Å². The molecule has 5 rings (SSSR count). The quantitative estimate of drug-likeness (QED) is 0.580. The van der Waals surface area contributed by atoms with Gasteiger partial charge in [-0.1, -0.05) is 18.2 Å². The minimum absolute atomic E-state index is 0.263. The molecule has 0 radical (unpaired) electrons. The number of halogens is 1. The zero-order valence-corrected chi connectivity index (χ0v) is 15.1. The lowest BCUT2D eigenvalue weighted by Gasteiger charge is -2.21. The first kappa shape index (κ1) is 16.7. The van der Waals surface area contributed by atoms with Crippen LogP contribution in [0.2, 0.25) is 0 Å². The van der Waals surface area contributed by atoms with E-state index in [0.717, 1.165) is 47.9 Å². The number of rotatable bonds is 3. The number of aryl methyl sites for hydroxylation is 1. The number of nitrogens with zero attached hydrogens (tertiary/aromatic N) is 5. The number of anilines is 2. The van der Waals surface area contributed by atoms with E-state index in [1.54, 1.807) is 18.3 Å². The molecule has 0 atom stereocenters. The van der Waals surface area contributed by atoms with Gasteiger partial charge in [0.1, 0.15) is 11.6 Å². The highest BCUT2D eigenvalue weighted by atomic mass is 19.1. The molecule has 0 fully saturated rings. The van der Waals surface area contributed by atoms with E-state index in [1.807, 2.05) is 18.2 Å². The van der Waals surface area contributed by atoms with E-state index in [0.29, 0.717) is 17.3 Å². The van der Waals surface area contributed by atoms with Gasteiger partial charge in [-0.2, -0.15) is 0 Å². The number of benzene rings is 1. The van der Waals surface area contributed by atoms with E-state index in [9.17, 15) is 4.39 Å². The Labute approximate surface area is 160 Å². The highest BCUT2D eigenvalue weighted by Crippen LogP contribution is 2.38. The fraction of sp³-hybridized carbons (Fsp3) is 0.190. The second-order valence-electron chi connectivity index (χ2n) is 6.80. The maximum atomic E-state index is 13.6. The summed E-state index contributed by atoms with van der Waals surface area (Å²) in [6.45, 7) is 0. The van der Waals surface area contributed by atoms with Gasteiger partial charge in [-0.15, -0.1) is 10.2 Å². The summed E-state index contributed by atoms with van der Waals surface area (Å²) in [5.74, 6) is 0.941. The third-order valence-corrected chi connectivity index (χ3v) is 5.02. The maximum Gasteiger partial charge on any atom is 0.188 e. The molecule has 3 heterocycles. The molecule has 4 aromatic rings. The Hall–Kier alpha value is -3.48. The van der Waals surface area contributed by atoms with Crippen molar-refractivity contribution in [3.8, 4) is 11.1 Å². The molecule has 138 valence electrons. The van der Waals surface area contributed by atoms with Crippen LogP contribution in [0.15, 0.2) is 48.7 Å². The topological polar surface area (TPSA) is 76.5 Å². The summed E-state index contributed by atoms with van der Waals surface area (Å²) >= 11 is 0. The lowest BCUT2D eigenvalue weighted by atomic mass is 9.87. The van der Waals surface area contributed by atoms with Gasteiger partial charge in [0.2, 0.25) is 0 Å². The number of aromatic nitrogens is 5. The first-order valence-electron chi connectivity index (χ1n) is 9.28. The van der Waals surface area contributed by atoms with Gasteiger partial charge in [-0.05, 0) is 66.3 Å². The molecule has 6 nitrogen and oxygen atoms in total. The molecule has 0 unspecified atom stereocenters. The average molecular weight is 372 g/mol. The van der Waals surface area contributed by atoms with Crippen molar-refractivity contribution in [2.24, 2.45) is 0 Å². The molecule has 0 saturated carbocycles. The third-order valence-electron chi connectivity index (χ3n) is 5.02. The summed E-state index contributed by atoms with van der Waals surface area (Å²) in [6, 6.07) is 12.2. The highest BCUT2D eigenvalue weighted by Gasteiger charge is 2.23. The van der Waals surface area contributed by atoms with Crippen molar-refractivity contribution in [3.05, 3.63) is 65.7 Å². The lowest BCUT2D eigenvalue weighted by Crippen LogP contribution is -2.11. The Balaban J connectivity index is 1.79. The molecule has 28 heavy (non-hydrogen) atoms. The molecular weight excluding hydrogens is 355 g/mol. The van der Waals surface area contributed by atoms with Crippen LogP contribution < -0.4 is 5.32 Å². The number of pyridine rings is 2. The van der Waals surface area contributed by atoms with Gasteiger partial charge < -0.3 is 5.32 Å². The van der Waals surface area contributed by atoms with Crippen molar-refractivity contribution >= 4 is 22.7 Å². The Morgan fingerprint density at radius 1 is 0.929 bits per heavy atom. The van der Waals surface area contributed by atoms with E-state index in [-0.39, 0.29) is 5.82 Å². The molecule has 0 amide bonds. The molecule has 3 aromatic heterocycles. The Morgan fingerprint density at radius 2 is 1.79 bits per heavy atom. The van der Waals surface area contributed by atoms with E-state index in [1.165, 1.54) is 17.7 Å². The summed E-state index contributed by atoms with van der Waals surface area (Å²) in [6.07, 6.45) is 5.75. The van der Waals surface area contributed by atoms with Crippen LogP contribution in [0.4, 0.5) is 16.0 Å². The smallest absolute Gasteiger partial charge is 0.188 e. The number of nitrogens with one attached hydrogen (secondary N) is 1. The number of hydrogen-bond donors (Lipinski definition) is 1. The van der Waals surface area contributed by atoms with Gasteiger partial charge in [-0.3, -0.25) is 0 Å². The van der Waals surface area contributed by atoms with Crippen LogP contribution in [0.25, 0.3) is 22.2 Å². The van der Waals surface area contributed by atoms with Gasteiger partial charge in [0.25, 0.3) is 0 Å². The van der Waals surface area contributed by atoms with Crippen molar-refractivity contribution in [1.29, 1.82) is 0 Å². The van der Waals surface area contributed by atoms with Gasteiger partial charge in [0.05, 0.1) is 5.39 Å². The standard InChI is InChI=1S/C21H17FN6/c22-14-10-8-13(9-11-14)18-15-5-1-2-6-16(15)24-20-19(18)21(27-28-26-20)25-17-7-3-4-12-23-17/h3-4,7-12H,1-2,5-6H2,(H,23,24,25,26,27). The molecule has 1 aliphatic carbocycles. The molecule has 0 aliphatic heterocycles. The number of hydrogen-bond acceptors (Lipinski definition) is 6. The van der Waals surface area contributed by atoms with Crippen LogP contribution >= 0.6 is 0 Å².